The van der Waals surface area contributed by atoms with Crippen LogP contribution in [-0.4, -0.2) is 51.9 Å². The fraction of sp³-hybridized carbons (Fsp3) is 0.250. The van der Waals surface area contributed by atoms with Crippen LogP contribution >= 0.6 is 0 Å². The van der Waals surface area contributed by atoms with Gasteiger partial charge in [0.05, 0.1) is 0 Å². The molecule has 0 fully saturated rings. The van der Waals surface area contributed by atoms with E-state index >= 15 is 0 Å². The van der Waals surface area contributed by atoms with Gasteiger partial charge in [0.25, 0.3) is 5.91 Å². The number of aryl methyl sites for hydroxylation is 1. The molecule has 0 radical (unpaired) electrons. The molecule has 1 aliphatic rings. The lowest BCUT2D eigenvalue weighted by Gasteiger charge is -2.19. The van der Waals surface area contributed by atoms with Crippen LogP contribution in [0.5, 0.6) is 11.5 Å². The summed E-state index contributed by atoms with van der Waals surface area (Å²) in [6.45, 7) is 2.22. The number of tetrazole rings is 1. The van der Waals surface area contributed by atoms with Gasteiger partial charge in [0.2, 0.25) is 5.82 Å². The van der Waals surface area contributed by atoms with Gasteiger partial charge < -0.3 is 19.5 Å². The van der Waals surface area contributed by atoms with Crippen LogP contribution < -0.4 is 14.8 Å². The molecule has 0 saturated carbocycles. The molecule has 0 bridgehead atoms. The minimum atomic E-state index is -0.653. The Kier molecular flexibility index (Phi) is 5.55. The van der Waals surface area contributed by atoms with Crippen molar-refractivity contribution in [2.24, 2.45) is 0 Å². The molecule has 1 aromatic heterocycles. The lowest BCUT2D eigenvalue weighted by Crippen LogP contribution is -2.23. The van der Waals surface area contributed by atoms with Crippen molar-refractivity contribution >= 4 is 17.6 Å². The molecule has 2 heterocycles. The van der Waals surface area contributed by atoms with Gasteiger partial charge in [0.15, 0.2) is 24.7 Å². The smallest absolute Gasteiger partial charge is 0.330 e. The van der Waals surface area contributed by atoms with Crippen molar-refractivity contribution in [3.63, 3.8) is 0 Å². The molecule has 0 unspecified atom stereocenters. The second kappa shape index (κ2) is 8.60. The molecule has 0 saturated heterocycles. The maximum absolute atomic E-state index is 12.0. The van der Waals surface area contributed by atoms with E-state index in [9.17, 15) is 9.59 Å². The summed E-state index contributed by atoms with van der Waals surface area (Å²) in [5.74, 6) is 0.444. The van der Waals surface area contributed by atoms with E-state index in [0.717, 1.165) is 15.9 Å². The zero-order chi connectivity index (χ0) is 20.9. The Morgan fingerprint density at radius 2 is 1.87 bits per heavy atom. The first-order valence-corrected chi connectivity index (χ1v) is 9.27. The molecule has 0 aliphatic carbocycles. The van der Waals surface area contributed by atoms with Gasteiger partial charge >= 0.3 is 5.97 Å². The summed E-state index contributed by atoms with van der Waals surface area (Å²) in [5, 5.41) is 14.6. The van der Waals surface area contributed by atoms with Crippen LogP contribution in [0.3, 0.4) is 0 Å². The van der Waals surface area contributed by atoms with Crippen molar-refractivity contribution in [3.8, 4) is 22.9 Å². The first-order valence-electron chi connectivity index (χ1n) is 9.27. The van der Waals surface area contributed by atoms with E-state index in [4.69, 9.17) is 14.2 Å². The number of amides is 1. The number of ether oxygens (including phenoxy) is 3. The Morgan fingerprint density at radius 3 is 2.67 bits per heavy atom. The number of carbonyl (C=O) groups is 2. The standard InChI is InChI=1S/C20H19N5O5/c1-13-2-4-14(5-3-13)20-22-24-25(23-20)11-19(27)30-12-18(26)21-15-6-7-16-17(10-15)29-9-8-28-16/h2-7,10H,8-9,11-12H2,1H3,(H,21,26). The van der Waals surface area contributed by atoms with Gasteiger partial charge in [-0.15, -0.1) is 10.2 Å². The number of aromatic nitrogens is 4. The third-order valence-corrected chi connectivity index (χ3v) is 4.22. The van der Waals surface area contributed by atoms with E-state index in [0.29, 0.717) is 36.2 Å². The first kappa shape index (κ1) is 19.4. The molecular formula is C20H19N5O5. The normalized spacial score (nSPS) is 12.3. The summed E-state index contributed by atoms with van der Waals surface area (Å²) >= 11 is 0. The highest BCUT2D eigenvalue weighted by molar-refractivity contribution is 5.93. The summed E-state index contributed by atoms with van der Waals surface area (Å²) < 4.78 is 15.9. The number of esters is 1. The molecule has 1 aliphatic heterocycles. The fourth-order valence-corrected chi connectivity index (χ4v) is 2.75. The van der Waals surface area contributed by atoms with Crippen molar-refractivity contribution in [1.82, 2.24) is 20.2 Å². The summed E-state index contributed by atoms with van der Waals surface area (Å²) in [6, 6.07) is 12.7. The number of benzene rings is 2. The molecular weight excluding hydrogens is 390 g/mol. The Bertz CT molecular complexity index is 1060. The van der Waals surface area contributed by atoms with Crippen LogP contribution in [0.4, 0.5) is 5.69 Å². The SMILES string of the molecule is Cc1ccc(-c2nnn(CC(=O)OCC(=O)Nc3ccc4c(c3)OCCO4)n2)cc1. The van der Waals surface area contributed by atoms with Crippen molar-refractivity contribution in [2.45, 2.75) is 13.5 Å². The molecule has 0 atom stereocenters. The zero-order valence-electron chi connectivity index (χ0n) is 16.2. The number of hydrogen-bond donors (Lipinski definition) is 1. The number of rotatable bonds is 6. The summed E-state index contributed by atoms with van der Waals surface area (Å²) in [6.07, 6.45) is 0. The number of anilines is 1. The van der Waals surface area contributed by atoms with E-state index < -0.39 is 18.5 Å². The molecule has 4 rings (SSSR count). The maximum atomic E-state index is 12.0. The molecule has 154 valence electrons. The van der Waals surface area contributed by atoms with Crippen molar-refractivity contribution in [2.75, 3.05) is 25.1 Å². The monoisotopic (exact) mass is 409 g/mol. The van der Waals surface area contributed by atoms with Gasteiger partial charge in [-0.3, -0.25) is 4.79 Å². The molecule has 10 nitrogen and oxygen atoms in total. The minimum Gasteiger partial charge on any atom is -0.486 e. The lowest BCUT2D eigenvalue weighted by molar-refractivity contribution is -0.148. The Balaban J connectivity index is 1.26. The number of nitrogens with zero attached hydrogens (tertiary/aromatic N) is 4. The Morgan fingerprint density at radius 1 is 1.10 bits per heavy atom. The van der Waals surface area contributed by atoms with Crippen LogP contribution in [0, 0.1) is 6.92 Å². The lowest BCUT2D eigenvalue weighted by atomic mass is 10.1. The van der Waals surface area contributed by atoms with Gasteiger partial charge in [-0.05, 0) is 24.3 Å². The van der Waals surface area contributed by atoms with Crippen LogP contribution in [0.1, 0.15) is 5.56 Å². The molecule has 2 aromatic carbocycles. The van der Waals surface area contributed by atoms with E-state index in [1.54, 1.807) is 18.2 Å². The van der Waals surface area contributed by atoms with E-state index in [2.05, 4.69) is 20.7 Å². The summed E-state index contributed by atoms with van der Waals surface area (Å²) in [5.41, 5.74) is 2.42. The Hall–Kier alpha value is -3.95. The van der Waals surface area contributed by atoms with E-state index in [-0.39, 0.29) is 6.54 Å². The molecule has 1 amide bonds. The molecule has 3 aromatic rings. The highest BCUT2D eigenvalue weighted by Crippen LogP contribution is 2.32. The van der Waals surface area contributed by atoms with Gasteiger partial charge in [0.1, 0.15) is 13.2 Å². The number of nitrogens with one attached hydrogen (secondary N) is 1. The minimum absolute atomic E-state index is 0.254. The third-order valence-electron chi connectivity index (χ3n) is 4.22. The average molecular weight is 409 g/mol. The van der Waals surface area contributed by atoms with Crippen molar-refractivity contribution in [1.29, 1.82) is 0 Å². The fourth-order valence-electron chi connectivity index (χ4n) is 2.75. The predicted molar refractivity (Wildman–Crippen MR) is 105 cm³/mol. The largest absolute Gasteiger partial charge is 0.486 e. The van der Waals surface area contributed by atoms with Crippen LogP contribution in [0.2, 0.25) is 0 Å². The third kappa shape index (κ3) is 4.72. The zero-order valence-corrected chi connectivity index (χ0v) is 16.2. The van der Waals surface area contributed by atoms with E-state index in [1.165, 1.54) is 0 Å². The second-order valence-electron chi connectivity index (χ2n) is 6.58. The molecule has 1 N–H and O–H groups in total. The highest BCUT2D eigenvalue weighted by atomic mass is 16.6. The molecule has 30 heavy (non-hydrogen) atoms. The Labute approximate surface area is 171 Å². The average Bonchev–Trinajstić information content (AvgIpc) is 3.21. The maximum Gasteiger partial charge on any atom is 0.330 e. The van der Waals surface area contributed by atoms with E-state index in [1.807, 2.05) is 31.2 Å². The van der Waals surface area contributed by atoms with Crippen molar-refractivity contribution in [3.05, 3.63) is 48.0 Å². The van der Waals surface area contributed by atoms with Gasteiger partial charge in [-0.25, -0.2) is 4.79 Å². The number of fused-ring (bicyclic) bond motifs is 1. The topological polar surface area (TPSA) is 117 Å². The summed E-state index contributed by atoms with van der Waals surface area (Å²) in [4.78, 5) is 25.1. The number of hydrogen-bond acceptors (Lipinski definition) is 8. The van der Waals surface area contributed by atoms with Gasteiger partial charge in [0, 0.05) is 17.3 Å². The highest BCUT2D eigenvalue weighted by Gasteiger charge is 2.15. The quantitative estimate of drug-likeness (QED) is 0.610. The molecule has 10 heteroatoms. The van der Waals surface area contributed by atoms with Crippen LogP contribution in [0.25, 0.3) is 11.4 Å². The van der Waals surface area contributed by atoms with Gasteiger partial charge in [-0.2, -0.15) is 4.80 Å². The van der Waals surface area contributed by atoms with Crippen molar-refractivity contribution < 1.29 is 23.8 Å². The van der Waals surface area contributed by atoms with Crippen LogP contribution in [-0.2, 0) is 20.9 Å². The first-order chi connectivity index (χ1) is 14.6. The second-order valence-corrected chi connectivity index (χ2v) is 6.58. The van der Waals surface area contributed by atoms with Gasteiger partial charge in [-0.1, -0.05) is 29.8 Å². The van der Waals surface area contributed by atoms with Crippen LogP contribution in [0.15, 0.2) is 42.5 Å². The number of carbonyl (C=O) groups excluding carboxylic acids is 2. The summed E-state index contributed by atoms with van der Waals surface area (Å²) in [7, 11) is 0. The molecule has 0 spiro atoms. The predicted octanol–water partition coefficient (Wildman–Crippen LogP) is 1.60.